The lowest BCUT2D eigenvalue weighted by Crippen LogP contribution is -2.29. The molecule has 0 unspecified atom stereocenters. The second kappa shape index (κ2) is 4.56. The summed E-state index contributed by atoms with van der Waals surface area (Å²) >= 11 is 0. The van der Waals surface area contributed by atoms with Gasteiger partial charge in [0.1, 0.15) is 7.63 Å². The molecule has 0 saturated heterocycles. The molecule has 1 aromatic rings. The molecule has 0 aliphatic rings. The molecule has 0 aliphatic heterocycles. The van der Waals surface area contributed by atoms with Crippen LogP contribution >= 0.6 is 0 Å². The summed E-state index contributed by atoms with van der Waals surface area (Å²) in [5, 5.41) is 2.74. The molecule has 0 heterocycles. The molecule has 0 aliphatic carbocycles. The molecule has 0 fully saturated rings. The normalized spacial score (nSPS) is 10.9. The van der Waals surface area contributed by atoms with Crippen LogP contribution in [0.5, 0.6) is 0 Å². The quantitative estimate of drug-likeness (QED) is 0.740. The van der Waals surface area contributed by atoms with Gasteiger partial charge in [-0.15, -0.1) is 0 Å². The molecule has 0 atom stereocenters. The van der Waals surface area contributed by atoms with E-state index in [2.05, 4.69) is 5.32 Å². The lowest BCUT2D eigenvalue weighted by Gasteiger charge is -2.07. The third-order valence-corrected chi connectivity index (χ3v) is 1.68. The molecule has 14 heavy (non-hydrogen) atoms. The van der Waals surface area contributed by atoms with Gasteiger partial charge in [0.05, 0.1) is 0 Å². The van der Waals surface area contributed by atoms with E-state index >= 15 is 0 Å². The number of hydrogen-bond donors (Lipinski definition) is 1. The Morgan fingerprint density at radius 2 is 2.00 bits per heavy atom. The number of carbonyl (C=O) groups is 2. The summed E-state index contributed by atoms with van der Waals surface area (Å²) in [6.07, 6.45) is -0.745. The number of hydrogen-bond acceptors (Lipinski definition) is 2. The van der Waals surface area contributed by atoms with Crippen LogP contribution < -0.4 is 5.32 Å². The van der Waals surface area contributed by atoms with E-state index in [-0.39, 0.29) is 17.5 Å². The van der Waals surface area contributed by atoms with Crippen LogP contribution in [0.25, 0.3) is 0 Å². The largest absolute Gasteiger partial charge is 0.350 e. The molecule has 0 saturated carbocycles. The molecule has 1 aromatic carbocycles. The van der Waals surface area contributed by atoms with Gasteiger partial charge in [-0.25, -0.2) is 0 Å². The highest BCUT2D eigenvalue weighted by molar-refractivity contribution is 5.94. The van der Waals surface area contributed by atoms with E-state index in [9.17, 15) is 9.59 Å². The van der Waals surface area contributed by atoms with E-state index in [0.29, 0.717) is 5.56 Å². The van der Waals surface area contributed by atoms with Crippen molar-refractivity contribution in [1.29, 1.82) is 0 Å². The van der Waals surface area contributed by atoms with Crippen LogP contribution in [0.3, 0.4) is 0 Å². The Morgan fingerprint density at radius 1 is 1.43 bits per heavy atom. The molecule has 1 rings (SSSR count). The summed E-state index contributed by atoms with van der Waals surface area (Å²) < 4.78 is 6.87. The second-order valence-corrected chi connectivity index (χ2v) is 3.31. The summed E-state index contributed by atoms with van der Waals surface area (Å²) in [6, 6.07) is 6.11. The number of aldehydes is 1. The fourth-order valence-corrected chi connectivity index (χ4v) is 1.04. The fourth-order valence-electron chi connectivity index (χ4n) is 1.04. The molecular weight excluding hydrogens is 178 g/mol. The van der Waals surface area contributed by atoms with Gasteiger partial charge in [-0.2, -0.15) is 0 Å². The van der Waals surface area contributed by atoms with Gasteiger partial charge in [0.15, 0.2) is 0 Å². The van der Waals surface area contributed by atoms with Gasteiger partial charge < -0.3 is 5.32 Å². The number of rotatable bonds is 3. The minimum atomic E-state index is -0.745. The van der Waals surface area contributed by atoms with Gasteiger partial charge in [0, 0.05) is 17.2 Å². The van der Waals surface area contributed by atoms with Gasteiger partial charge in [0.2, 0.25) is 0 Å². The number of carbonyl (C=O) groups excluding carboxylic acids is 2. The zero-order valence-electron chi connectivity index (χ0n) is 9.20. The maximum atomic E-state index is 11.5. The Balaban J connectivity index is 2.80. The highest BCUT2D eigenvalue weighted by Gasteiger charge is 2.05. The van der Waals surface area contributed by atoms with E-state index in [1.165, 1.54) is 12.1 Å². The third kappa shape index (κ3) is 2.69. The predicted octanol–water partition coefficient (Wildman–Crippen LogP) is 1.64. The number of amides is 1. The van der Waals surface area contributed by atoms with Crippen molar-refractivity contribution in [3.8, 4) is 0 Å². The highest BCUT2D eigenvalue weighted by Crippen LogP contribution is 2.02. The standard InChI is InChI=1S/C11H13NO2/c1-8(2)12-11(14)10-5-3-9(7-13)4-6-10/h3-8H,1-2H3,(H,12,14)/i7D. The second-order valence-electron chi connectivity index (χ2n) is 3.31. The van der Waals surface area contributed by atoms with Crippen molar-refractivity contribution in [3.63, 3.8) is 0 Å². The molecule has 0 radical (unpaired) electrons. The number of benzene rings is 1. The van der Waals surface area contributed by atoms with E-state index in [1.54, 1.807) is 12.1 Å². The molecular formula is C11H13NO2. The first-order valence-electron chi connectivity index (χ1n) is 4.92. The zero-order chi connectivity index (χ0) is 11.4. The highest BCUT2D eigenvalue weighted by atomic mass is 16.1. The maximum Gasteiger partial charge on any atom is 0.251 e. The Hall–Kier alpha value is -1.64. The van der Waals surface area contributed by atoms with Crippen molar-refractivity contribution in [1.82, 2.24) is 5.32 Å². The Labute approximate surface area is 84.5 Å². The van der Waals surface area contributed by atoms with Crippen LogP contribution in [0.4, 0.5) is 0 Å². The Bertz CT molecular complexity index is 371. The van der Waals surface area contributed by atoms with Crippen LogP contribution in [-0.2, 0) is 0 Å². The van der Waals surface area contributed by atoms with E-state index < -0.39 is 6.26 Å². The third-order valence-electron chi connectivity index (χ3n) is 1.68. The van der Waals surface area contributed by atoms with Gasteiger partial charge in [-0.1, -0.05) is 12.1 Å². The molecule has 74 valence electrons. The van der Waals surface area contributed by atoms with Crippen molar-refractivity contribution < 1.29 is 11.0 Å². The van der Waals surface area contributed by atoms with Crippen molar-refractivity contribution in [2.24, 2.45) is 0 Å². The number of nitrogens with one attached hydrogen (secondary N) is 1. The topological polar surface area (TPSA) is 46.2 Å². The first kappa shape index (κ1) is 8.94. The summed E-state index contributed by atoms with van der Waals surface area (Å²) in [7, 11) is 0. The van der Waals surface area contributed by atoms with Gasteiger partial charge >= 0.3 is 0 Å². The van der Waals surface area contributed by atoms with Crippen LogP contribution in [0.15, 0.2) is 24.3 Å². The summed E-state index contributed by atoms with van der Waals surface area (Å²) in [4.78, 5) is 22.2. The minimum absolute atomic E-state index is 0.0787. The van der Waals surface area contributed by atoms with E-state index in [4.69, 9.17) is 1.37 Å². The smallest absolute Gasteiger partial charge is 0.251 e. The monoisotopic (exact) mass is 192 g/mol. The Morgan fingerprint density at radius 3 is 2.43 bits per heavy atom. The van der Waals surface area contributed by atoms with Crippen molar-refractivity contribution in [2.75, 3.05) is 0 Å². The first-order chi connectivity index (χ1) is 7.00. The maximum absolute atomic E-state index is 11.5. The molecule has 3 heteroatoms. The van der Waals surface area contributed by atoms with Crippen LogP contribution in [-0.4, -0.2) is 18.2 Å². The van der Waals surface area contributed by atoms with Crippen LogP contribution in [0, 0.1) is 0 Å². The Kier molecular flexibility index (Phi) is 2.91. The summed E-state index contributed by atoms with van der Waals surface area (Å²) in [5.74, 6) is -0.172. The first-order valence-corrected chi connectivity index (χ1v) is 4.42. The average Bonchev–Trinajstić information content (AvgIpc) is 2.17. The average molecular weight is 192 g/mol. The lowest BCUT2D eigenvalue weighted by molar-refractivity contribution is 0.0942. The van der Waals surface area contributed by atoms with Gasteiger partial charge in [0.25, 0.3) is 5.91 Å². The minimum Gasteiger partial charge on any atom is -0.350 e. The van der Waals surface area contributed by atoms with E-state index in [0.717, 1.165) is 0 Å². The van der Waals surface area contributed by atoms with Gasteiger partial charge in [-0.05, 0) is 26.0 Å². The van der Waals surface area contributed by atoms with Crippen LogP contribution in [0.1, 0.15) is 35.9 Å². The molecule has 1 N–H and O–H groups in total. The SMILES string of the molecule is [2H]C(=O)c1ccc(C(=O)NC(C)C)cc1. The van der Waals surface area contributed by atoms with Crippen molar-refractivity contribution >= 4 is 12.2 Å². The van der Waals surface area contributed by atoms with Gasteiger partial charge in [-0.3, -0.25) is 9.59 Å². The summed E-state index contributed by atoms with van der Waals surface area (Å²) in [6.45, 7) is 3.75. The molecule has 3 nitrogen and oxygen atoms in total. The molecule has 0 spiro atoms. The molecule has 1 amide bonds. The lowest BCUT2D eigenvalue weighted by atomic mass is 10.1. The zero-order valence-corrected chi connectivity index (χ0v) is 8.20. The predicted molar refractivity (Wildman–Crippen MR) is 54.4 cm³/mol. The molecule has 0 bridgehead atoms. The van der Waals surface area contributed by atoms with Crippen LogP contribution in [0.2, 0.25) is 0 Å². The van der Waals surface area contributed by atoms with Crippen molar-refractivity contribution in [3.05, 3.63) is 35.4 Å². The van der Waals surface area contributed by atoms with Crippen molar-refractivity contribution in [2.45, 2.75) is 19.9 Å². The fraction of sp³-hybridized carbons (Fsp3) is 0.273. The molecule has 0 aromatic heterocycles. The van der Waals surface area contributed by atoms with E-state index in [1.807, 2.05) is 13.8 Å². The summed E-state index contributed by atoms with van der Waals surface area (Å²) in [5.41, 5.74) is 0.782.